The summed E-state index contributed by atoms with van der Waals surface area (Å²) in [5.41, 5.74) is 2.71. The first-order valence-electron chi connectivity index (χ1n) is 10.6. The SMILES string of the molecule is O=C(Cc1csc(-c2ccc(C(F)(F)F)cc2)n1)NCc1cccc(CN2CCOCC2)c1. The van der Waals surface area contributed by atoms with Gasteiger partial charge in [-0.2, -0.15) is 13.2 Å². The number of alkyl halides is 3. The van der Waals surface area contributed by atoms with Gasteiger partial charge in [-0.1, -0.05) is 36.4 Å². The molecular formula is C24H24F3N3O2S. The molecule has 1 aliphatic heterocycles. The largest absolute Gasteiger partial charge is 0.416 e. The van der Waals surface area contributed by atoms with Crippen LogP contribution in [0.2, 0.25) is 0 Å². The van der Waals surface area contributed by atoms with Crippen LogP contribution in [0, 0.1) is 0 Å². The van der Waals surface area contributed by atoms with E-state index >= 15 is 0 Å². The number of amides is 1. The molecule has 9 heteroatoms. The van der Waals surface area contributed by atoms with E-state index in [1.54, 1.807) is 5.38 Å². The second-order valence-corrected chi connectivity index (χ2v) is 8.74. The number of morpholine rings is 1. The van der Waals surface area contributed by atoms with Crippen LogP contribution in [-0.2, 0) is 35.2 Å². The van der Waals surface area contributed by atoms with Gasteiger partial charge in [-0.05, 0) is 23.3 Å². The highest BCUT2D eigenvalue weighted by Gasteiger charge is 2.30. The van der Waals surface area contributed by atoms with Crippen molar-refractivity contribution in [1.82, 2.24) is 15.2 Å². The highest BCUT2D eigenvalue weighted by molar-refractivity contribution is 7.13. The molecule has 1 aromatic heterocycles. The molecule has 0 unspecified atom stereocenters. The monoisotopic (exact) mass is 475 g/mol. The molecule has 0 atom stereocenters. The van der Waals surface area contributed by atoms with E-state index in [9.17, 15) is 18.0 Å². The molecule has 0 aliphatic carbocycles. The summed E-state index contributed by atoms with van der Waals surface area (Å²) in [6.45, 7) is 4.63. The van der Waals surface area contributed by atoms with E-state index in [0.717, 1.165) is 50.5 Å². The zero-order chi connectivity index (χ0) is 23.3. The zero-order valence-electron chi connectivity index (χ0n) is 17.9. The molecule has 0 radical (unpaired) electrons. The van der Waals surface area contributed by atoms with E-state index in [-0.39, 0.29) is 12.3 Å². The van der Waals surface area contributed by atoms with Crippen molar-refractivity contribution >= 4 is 17.2 Å². The lowest BCUT2D eigenvalue weighted by molar-refractivity contribution is -0.137. The summed E-state index contributed by atoms with van der Waals surface area (Å²) in [4.78, 5) is 19.1. The summed E-state index contributed by atoms with van der Waals surface area (Å²) in [6.07, 6.45) is -4.25. The molecule has 0 spiro atoms. The molecule has 1 saturated heterocycles. The predicted molar refractivity (Wildman–Crippen MR) is 121 cm³/mol. The Hall–Kier alpha value is -2.75. The van der Waals surface area contributed by atoms with Crippen molar-refractivity contribution in [2.45, 2.75) is 25.7 Å². The lowest BCUT2D eigenvalue weighted by Crippen LogP contribution is -2.35. The molecule has 33 heavy (non-hydrogen) atoms. The number of ether oxygens (including phenoxy) is 1. The number of rotatable bonds is 7. The van der Waals surface area contributed by atoms with Gasteiger partial charge >= 0.3 is 6.18 Å². The van der Waals surface area contributed by atoms with Gasteiger partial charge in [0.05, 0.1) is 30.9 Å². The van der Waals surface area contributed by atoms with Crippen molar-refractivity contribution in [3.63, 3.8) is 0 Å². The van der Waals surface area contributed by atoms with Crippen molar-refractivity contribution in [1.29, 1.82) is 0 Å². The Morgan fingerprint density at radius 3 is 2.55 bits per heavy atom. The van der Waals surface area contributed by atoms with Gasteiger partial charge in [0, 0.05) is 37.1 Å². The summed E-state index contributed by atoms with van der Waals surface area (Å²) in [5, 5.41) is 5.26. The maximum atomic E-state index is 12.7. The summed E-state index contributed by atoms with van der Waals surface area (Å²) < 4.78 is 43.6. The van der Waals surface area contributed by atoms with Gasteiger partial charge in [-0.15, -0.1) is 11.3 Å². The number of aromatic nitrogens is 1. The van der Waals surface area contributed by atoms with E-state index in [1.165, 1.54) is 29.0 Å². The fourth-order valence-electron chi connectivity index (χ4n) is 3.61. The van der Waals surface area contributed by atoms with E-state index in [1.807, 2.05) is 12.1 Å². The molecule has 174 valence electrons. The van der Waals surface area contributed by atoms with Crippen LogP contribution in [0.15, 0.2) is 53.9 Å². The van der Waals surface area contributed by atoms with Crippen LogP contribution >= 0.6 is 11.3 Å². The van der Waals surface area contributed by atoms with E-state index in [0.29, 0.717) is 22.8 Å². The van der Waals surface area contributed by atoms with E-state index < -0.39 is 11.7 Å². The summed E-state index contributed by atoms with van der Waals surface area (Å²) in [5.74, 6) is -0.155. The van der Waals surface area contributed by atoms with Gasteiger partial charge in [0.1, 0.15) is 5.01 Å². The number of halogens is 3. The Kier molecular flexibility index (Phi) is 7.42. The molecule has 3 aromatic rings. The second kappa shape index (κ2) is 10.5. The average molecular weight is 476 g/mol. The van der Waals surface area contributed by atoms with E-state index in [2.05, 4.69) is 27.3 Å². The molecule has 2 heterocycles. The first-order chi connectivity index (χ1) is 15.9. The maximum Gasteiger partial charge on any atom is 0.416 e. The predicted octanol–water partition coefficient (Wildman–Crippen LogP) is 4.52. The van der Waals surface area contributed by atoms with Crippen LogP contribution < -0.4 is 5.32 Å². The fourth-order valence-corrected chi connectivity index (χ4v) is 4.43. The van der Waals surface area contributed by atoms with Gasteiger partial charge in [0.15, 0.2) is 0 Å². The van der Waals surface area contributed by atoms with Crippen molar-refractivity contribution in [3.05, 3.63) is 76.3 Å². The Bertz CT molecular complexity index is 1080. The number of benzene rings is 2. The van der Waals surface area contributed by atoms with Gasteiger partial charge in [-0.3, -0.25) is 9.69 Å². The first-order valence-corrected chi connectivity index (χ1v) is 11.5. The number of nitrogens with zero attached hydrogens (tertiary/aromatic N) is 2. The van der Waals surface area contributed by atoms with Crippen LogP contribution in [0.1, 0.15) is 22.4 Å². The van der Waals surface area contributed by atoms with Crippen LogP contribution in [0.4, 0.5) is 13.2 Å². The molecule has 4 rings (SSSR count). The number of hydrogen-bond acceptors (Lipinski definition) is 5. The topological polar surface area (TPSA) is 54.5 Å². The Labute approximate surface area is 194 Å². The number of thiazole rings is 1. The van der Waals surface area contributed by atoms with Gasteiger partial charge in [0.25, 0.3) is 0 Å². The summed E-state index contributed by atoms with van der Waals surface area (Å²) in [7, 11) is 0. The third kappa shape index (κ3) is 6.63. The van der Waals surface area contributed by atoms with Crippen molar-refractivity contribution in [2.75, 3.05) is 26.3 Å². The molecule has 0 saturated carbocycles. The number of carbonyl (C=O) groups excluding carboxylic acids is 1. The molecule has 1 fully saturated rings. The number of nitrogens with one attached hydrogen (secondary N) is 1. The highest BCUT2D eigenvalue weighted by atomic mass is 32.1. The minimum absolute atomic E-state index is 0.116. The van der Waals surface area contributed by atoms with Crippen molar-refractivity contribution < 1.29 is 22.7 Å². The van der Waals surface area contributed by atoms with Gasteiger partial charge < -0.3 is 10.1 Å². The van der Waals surface area contributed by atoms with Crippen LogP contribution in [0.25, 0.3) is 10.6 Å². The van der Waals surface area contributed by atoms with Crippen molar-refractivity contribution in [3.8, 4) is 10.6 Å². The minimum atomic E-state index is -4.37. The Morgan fingerprint density at radius 1 is 1.09 bits per heavy atom. The molecule has 2 aromatic carbocycles. The van der Waals surface area contributed by atoms with Crippen LogP contribution in [0.5, 0.6) is 0 Å². The highest BCUT2D eigenvalue weighted by Crippen LogP contribution is 2.31. The van der Waals surface area contributed by atoms with E-state index in [4.69, 9.17) is 4.74 Å². The fraction of sp³-hybridized carbons (Fsp3) is 0.333. The zero-order valence-corrected chi connectivity index (χ0v) is 18.7. The third-order valence-electron chi connectivity index (χ3n) is 5.34. The lowest BCUT2D eigenvalue weighted by atomic mass is 10.1. The van der Waals surface area contributed by atoms with Gasteiger partial charge in [0.2, 0.25) is 5.91 Å². The average Bonchev–Trinajstić information content (AvgIpc) is 3.27. The standard InChI is InChI=1S/C24H24F3N3O2S/c25-24(26,27)20-6-4-19(5-7-20)23-29-21(16-33-23)13-22(31)28-14-17-2-1-3-18(12-17)15-30-8-10-32-11-9-30/h1-7,12,16H,8-11,13-15H2,(H,28,31). The molecule has 0 bridgehead atoms. The minimum Gasteiger partial charge on any atom is -0.379 e. The quantitative estimate of drug-likeness (QED) is 0.546. The molecular weight excluding hydrogens is 451 g/mol. The summed E-state index contributed by atoms with van der Waals surface area (Å²) >= 11 is 1.30. The molecule has 1 aliphatic rings. The third-order valence-corrected chi connectivity index (χ3v) is 6.28. The Balaban J connectivity index is 1.29. The number of hydrogen-bond donors (Lipinski definition) is 1. The Morgan fingerprint density at radius 2 is 1.82 bits per heavy atom. The maximum absolute atomic E-state index is 12.7. The summed E-state index contributed by atoms with van der Waals surface area (Å²) in [6, 6.07) is 13.0. The molecule has 5 nitrogen and oxygen atoms in total. The number of carbonyl (C=O) groups is 1. The van der Waals surface area contributed by atoms with Crippen LogP contribution in [0.3, 0.4) is 0 Å². The smallest absolute Gasteiger partial charge is 0.379 e. The first kappa shape index (κ1) is 23.4. The normalized spacial score (nSPS) is 14.9. The molecule has 1 amide bonds. The van der Waals surface area contributed by atoms with Gasteiger partial charge in [-0.25, -0.2) is 4.98 Å². The van der Waals surface area contributed by atoms with Crippen LogP contribution in [-0.4, -0.2) is 42.1 Å². The second-order valence-electron chi connectivity index (χ2n) is 7.88. The lowest BCUT2D eigenvalue weighted by Gasteiger charge is -2.26. The molecule has 1 N–H and O–H groups in total. The van der Waals surface area contributed by atoms with Crippen molar-refractivity contribution in [2.24, 2.45) is 0 Å².